The highest BCUT2D eigenvalue weighted by atomic mass is 19.3. The van der Waals surface area contributed by atoms with E-state index in [0.29, 0.717) is 0 Å². The number of carbonyl (C=O) groups excluding carboxylic acids is 1. The van der Waals surface area contributed by atoms with Gasteiger partial charge in [-0.1, -0.05) is 0 Å². The molecule has 6 heteroatoms. The van der Waals surface area contributed by atoms with Crippen LogP contribution < -0.4 is 10.6 Å². The normalized spacial score (nSPS) is 16.8. The number of aliphatic hydroxyl groups excluding tert-OH is 1. The number of alkyl halides is 2. The van der Waals surface area contributed by atoms with Crippen molar-refractivity contribution in [3.63, 3.8) is 0 Å². The van der Waals surface area contributed by atoms with Crippen molar-refractivity contribution in [1.82, 2.24) is 10.6 Å². The molecule has 82 valence electrons. The molecular formula is C8H14F2N2O2. The molecule has 0 heterocycles. The molecule has 0 unspecified atom stereocenters. The Morgan fingerprint density at radius 3 is 2.64 bits per heavy atom. The molecule has 0 aromatic rings. The van der Waals surface area contributed by atoms with Crippen LogP contribution in [0.1, 0.15) is 12.8 Å². The van der Waals surface area contributed by atoms with E-state index < -0.39 is 19.1 Å². The molecule has 0 saturated heterocycles. The molecule has 1 aliphatic carbocycles. The van der Waals surface area contributed by atoms with Gasteiger partial charge in [-0.25, -0.2) is 8.78 Å². The van der Waals surface area contributed by atoms with Gasteiger partial charge in [0.15, 0.2) is 0 Å². The summed E-state index contributed by atoms with van der Waals surface area (Å²) in [4.78, 5) is 11.0. The van der Waals surface area contributed by atoms with E-state index in [9.17, 15) is 13.6 Å². The second kappa shape index (κ2) is 4.65. The number of amides is 1. The predicted octanol–water partition coefficient (Wildman–Crippen LogP) is -0.518. The molecule has 1 rings (SSSR count). The maximum absolute atomic E-state index is 12.4. The lowest BCUT2D eigenvalue weighted by Crippen LogP contribution is -2.41. The lowest BCUT2D eigenvalue weighted by molar-refractivity contribution is -0.120. The molecule has 1 aliphatic rings. The van der Waals surface area contributed by atoms with E-state index in [-0.39, 0.29) is 18.5 Å². The van der Waals surface area contributed by atoms with Gasteiger partial charge < -0.3 is 15.7 Å². The quantitative estimate of drug-likeness (QED) is 0.550. The largest absolute Gasteiger partial charge is 0.390 e. The summed E-state index contributed by atoms with van der Waals surface area (Å²) in [6.07, 6.45) is 1.94. The van der Waals surface area contributed by atoms with Crippen molar-refractivity contribution in [2.75, 3.05) is 19.7 Å². The van der Waals surface area contributed by atoms with Gasteiger partial charge in [0.2, 0.25) is 5.91 Å². The van der Waals surface area contributed by atoms with Crippen LogP contribution >= 0.6 is 0 Å². The summed E-state index contributed by atoms with van der Waals surface area (Å²) in [5.41, 5.74) is 0. The highest BCUT2D eigenvalue weighted by Crippen LogP contribution is 2.18. The molecule has 1 saturated carbocycles. The Labute approximate surface area is 80.7 Å². The van der Waals surface area contributed by atoms with E-state index in [1.54, 1.807) is 0 Å². The van der Waals surface area contributed by atoms with Crippen molar-refractivity contribution < 1.29 is 18.7 Å². The standard InChI is InChI=1S/C8H14F2N2O2/c9-8(10,5-13)4-11-3-7(14)12-6-1-2-6/h6,11,13H,1-5H2,(H,12,14). The Kier molecular flexibility index (Phi) is 3.77. The number of carbonyl (C=O) groups is 1. The Hall–Kier alpha value is -0.750. The van der Waals surface area contributed by atoms with Crippen molar-refractivity contribution in [1.29, 1.82) is 0 Å². The molecule has 0 radical (unpaired) electrons. The van der Waals surface area contributed by atoms with Gasteiger partial charge >= 0.3 is 0 Å². The number of hydrogen-bond donors (Lipinski definition) is 3. The number of rotatable bonds is 6. The lowest BCUT2D eigenvalue weighted by atomic mass is 10.3. The highest BCUT2D eigenvalue weighted by Gasteiger charge is 2.28. The van der Waals surface area contributed by atoms with Crippen molar-refractivity contribution in [3.8, 4) is 0 Å². The Bertz CT molecular complexity index is 208. The number of nitrogens with one attached hydrogen (secondary N) is 2. The van der Waals surface area contributed by atoms with Crippen molar-refractivity contribution in [3.05, 3.63) is 0 Å². The fraction of sp³-hybridized carbons (Fsp3) is 0.875. The fourth-order valence-corrected chi connectivity index (χ4v) is 0.921. The molecule has 0 aromatic heterocycles. The minimum absolute atomic E-state index is 0.133. The third-order valence-electron chi connectivity index (χ3n) is 1.84. The van der Waals surface area contributed by atoms with Crippen LogP contribution in [0.4, 0.5) is 8.78 Å². The maximum atomic E-state index is 12.4. The van der Waals surface area contributed by atoms with E-state index in [1.165, 1.54) is 0 Å². The smallest absolute Gasteiger partial charge is 0.282 e. The second-order valence-electron chi connectivity index (χ2n) is 3.46. The molecule has 3 N–H and O–H groups in total. The SMILES string of the molecule is O=C(CNCC(F)(F)CO)NC1CC1. The topological polar surface area (TPSA) is 61.4 Å². The van der Waals surface area contributed by atoms with Gasteiger partial charge in [0.1, 0.15) is 6.61 Å². The van der Waals surface area contributed by atoms with E-state index in [4.69, 9.17) is 5.11 Å². The zero-order chi connectivity index (χ0) is 10.6. The fourth-order valence-electron chi connectivity index (χ4n) is 0.921. The lowest BCUT2D eigenvalue weighted by Gasteiger charge is -2.13. The van der Waals surface area contributed by atoms with E-state index >= 15 is 0 Å². The first-order valence-corrected chi connectivity index (χ1v) is 4.52. The number of aliphatic hydroxyl groups is 1. The summed E-state index contributed by atoms with van der Waals surface area (Å²) >= 11 is 0. The van der Waals surface area contributed by atoms with Crippen molar-refractivity contribution >= 4 is 5.91 Å². The van der Waals surface area contributed by atoms with Crippen LogP contribution in [-0.2, 0) is 4.79 Å². The van der Waals surface area contributed by atoms with Gasteiger partial charge in [-0.05, 0) is 12.8 Å². The van der Waals surface area contributed by atoms with Crippen LogP contribution in [0.25, 0.3) is 0 Å². The molecule has 0 atom stereocenters. The van der Waals surface area contributed by atoms with Gasteiger partial charge in [0.05, 0.1) is 13.1 Å². The summed E-state index contributed by atoms with van der Waals surface area (Å²) in [7, 11) is 0. The Morgan fingerprint density at radius 1 is 1.50 bits per heavy atom. The highest BCUT2D eigenvalue weighted by molar-refractivity contribution is 5.78. The third kappa shape index (κ3) is 4.48. The van der Waals surface area contributed by atoms with Crippen LogP contribution in [0.3, 0.4) is 0 Å². The molecule has 1 amide bonds. The molecule has 0 aromatic carbocycles. The molecule has 0 spiro atoms. The molecular weight excluding hydrogens is 194 g/mol. The van der Waals surface area contributed by atoms with Crippen molar-refractivity contribution in [2.24, 2.45) is 0 Å². The van der Waals surface area contributed by atoms with E-state index in [2.05, 4.69) is 10.6 Å². The van der Waals surface area contributed by atoms with Gasteiger partial charge in [0.25, 0.3) is 5.92 Å². The second-order valence-corrected chi connectivity index (χ2v) is 3.46. The zero-order valence-corrected chi connectivity index (χ0v) is 7.72. The van der Waals surface area contributed by atoms with Gasteiger partial charge in [-0.15, -0.1) is 0 Å². The van der Waals surface area contributed by atoms with E-state index in [0.717, 1.165) is 12.8 Å². The summed E-state index contributed by atoms with van der Waals surface area (Å²) in [6.45, 7) is -2.02. The molecule has 4 nitrogen and oxygen atoms in total. The molecule has 0 bridgehead atoms. The average Bonchev–Trinajstić information content (AvgIpc) is 2.88. The predicted molar refractivity (Wildman–Crippen MR) is 46.1 cm³/mol. The Morgan fingerprint density at radius 2 is 2.14 bits per heavy atom. The minimum Gasteiger partial charge on any atom is -0.390 e. The number of hydrogen-bond acceptors (Lipinski definition) is 3. The van der Waals surface area contributed by atoms with Crippen LogP contribution in [0, 0.1) is 0 Å². The summed E-state index contributed by atoms with van der Waals surface area (Å²) in [5, 5.41) is 13.2. The van der Waals surface area contributed by atoms with Crippen LogP contribution in [0.5, 0.6) is 0 Å². The van der Waals surface area contributed by atoms with Crippen LogP contribution in [0.2, 0.25) is 0 Å². The first-order chi connectivity index (χ1) is 6.53. The first-order valence-electron chi connectivity index (χ1n) is 4.52. The molecule has 0 aliphatic heterocycles. The van der Waals surface area contributed by atoms with Gasteiger partial charge in [-0.2, -0.15) is 0 Å². The van der Waals surface area contributed by atoms with Crippen LogP contribution in [-0.4, -0.2) is 42.7 Å². The van der Waals surface area contributed by atoms with Gasteiger partial charge in [0, 0.05) is 6.04 Å². The average molecular weight is 208 g/mol. The summed E-state index contributed by atoms with van der Waals surface area (Å²) in [5.74, 6) is -3.43. The maximum Gasteiger partial charge on any atom is 0.282 e. The summed E-state index contributed by atoms with van der Waals surface area (Å²) in [6, 6.07) is 0.239. The zero-order valence-electron chi connectivity index (χ0n) is 7.72. The van der Waals surface area contributed by atoms with E-state index in [1.807, 2.05) is 0 Å². The summed E-state index contributed by atoms with van der Waals surface area (Å²) < 4.78 is 24.9. The van der Waals surface area contributed by atoms with Crippen LogP contribution in [0.15, 0.2) is 0 Å². The first kappa shape index (κ1) is 11.3. The van der Waals surface area contributed by atoms with Crippen molar-refractivity contribution in [2.45, 2.75) is 24.8 Å². The molecule has 14 heavy (non-hydrogen) atoms. The monoisotopic (exact) mass is 208 g/mol. The third-order valence-corrected chi connectivity index (χ3v) is 1.84. The Balaban J connectivity index is 2.04. The molecule has 1 fully saturated rings. The number of halogens is 2. The van der Waals surface area contributed by atoms with Gasteiger partial charge in [-0.3, -0.25) is 4.79 Å². The minimum atomic E-state index is -3.15.